The van der Waals surface area contributed by atoms with E-state index in [1.165, 1.54) is 0 Å². The predicted molar refractivity (Wildman–Crippen MR) is 162 cm³/mol. The number of aryl methyl sites for hydroxylation is 1. The minimum Gasteiger partial charge on any atom is -0.456 e. The molecule has 0 fully saturated rings. The van der Waals surface area contributed by atoms with Crippen LogP contribution < -0.4 is 20.7 Å². The fraction of sp³-hybridized carbons (Fsp3) is 0.219. The van der Waals surface area contributed by atoms with Crippen molar-refractivity contribution in [2.45, 2.75) is 39.7 Å². The molecule has 5 aromatic rings. The van der Waals surface area contributed by atoms with Gasteiger partial charge in [0, 0.05) is 28.4 Å². The first-order valence-corrected chi connectivity index (χ1v) is 15.3. The lowest BCUT2D eigenvalue weighted by Crippen LogP contribution is -2.22. The van der Waals surface area contributed by atoms with E-state index in [2.05, 4.69) is 36.2 Å². The van der Waals surface area contributed by atoms with Crippen molar-refractivity contribution in [1.29, 1.82) is 0 Å². The van der Waals surface area contributed by atoms with Gasteiger partial charge in [0.1, 0.15) is 18.6 Å². The molecule has 1 unspecified atom stereocenters. The summed E-state index contributed by atoms with van der Waals surface area (Å²) >= 11 is 0. The third-order valence-corrected chi connectivity index (χ3v) is 9.35. The van der Waals surface area contributed by atoms with Gasteiger partial charge in [0.25, 0.3) is 0 Å². The van der Waals surface area contributed by atoms with Crippen LogP contribution in [0.15, 0.2) is 91.4 Å². The van der Waals surface area contributed by atoms with Gasteiger partial charge in [0.2, 0.25) is 5.91 Å². The number of anilines is 1. The molecule has 0 aliphatic rings. The van der Waals surface area contributed by atoms with E-state index >= 15 is 0 Å². The molecule has 2 aromatic heterocycles. The Morgan fingerprint density at radius 3 is 2.45 bits per heavy atom. The first-order valence-electron chi connectivity index (χ1n) is 13.2. The van der Waals surface area contributed by atoms with Crippen LogP contribution in [0, 0.1) is 6.92 Å². The molecule has 0 radical (unpaired) electrons. The summed E-state index contributed by atoms with van der Waals surface area (Å²) in [6, 6.07) is 22.7. The normalized spacial score (nSPS) is 13.1. The smallest absolute Gasteiger partial charge is 0.228 e. The highest BCUT2D eigenvalue weighted by atomic mass is 31.2. The molecule has 0 saturated carbocycles. The summed E-state index contributed by atoms with van der Waals surface area (Å²) in [7, 11) is -2.79. The second kappa shape index (κ2) is 10.7. The number of fused-ring (bicyclic) bond motifs is 1. The Balaban J connectivity index is 1.34. The number of aromatic nitrogens is 3. The van der Waals surface area contributed by atoms with Crippen molar-refractivity contribution in [3.05, 3.63) is 103 Å². The minimum absolute atomic E-state index is 0.114. The molecule has 2 heterocycles. The summed E-state index contributed by atoms with van der Waals surface area (Å²) < 4.78 is 21.9. The van der Waals surface area contributed by atoms with Gasteiger partial charge < -0.3 is 14.6 Å². The zero-order valence-corrected chi connectivity index (χ0v) is 24.3. The van der Waals surface area contributed by atoms with E-state index in [9.17, 15) is 9.36 Å². The Bertz CT molecular complexity index is 1740. The van der Waals surface area contributed by atoms with Gasteiger partial charge in [-0.15, -0.1) is 0 Å². The Morgan fingerprint density at radius 2 is 1.75 bits per heavy atom. The van der Waals surface area contributed by atoms with Gasteiger partial charge in [-0.1, -0.05) is 42.5 Å². The van der Waals surface area contributed by atoms with Gasteiger partial charge in [0.15, 0.2) is 0 Å². The molecular formula is C32H33N4O3P. The van der Waals surface area contributed by atoms with Crippen LogP contribution in [0.25, 0.3) is 10.9 Å². The van der Waals surface area contributed by atoms with Crippen molar-refractivity contribution < 1.29 is 14.1 Å². The summed E-state index contributed by atoms with van der Waals surface area (Å²) in [5.74, 6) is 1.19. The fourth-order valence-electron chi connectivity index (χ4n) is 4.52. The fourth-order valence-corrected chi connectivity index (χ4v) is 6.30. The molecule has 0 aliphatic heterocycles. The van der Waals surface area contributed by atoms with Crippen LogP contribution in [-0.2, 0) is 21.3 Å². The number of pyridine rings is 1. The van der Waals surface area contributed by atoms with Crippen LogP contribution in [0.2, 0.25) is 0 Å². The number of nitrogens with zero attached hydrogens (tertiary/aromatic N) is 3. The average Bonchev–Trinajstić information content (AvgIpc) is 3.39. The summed E-state index contributed by atoms with van der Waals surface area (Å²) in [4.78, 5) is 17.2. The van der Waals surface area contributed by atoms with Crippen molar-refractivity contribution in [3.8, 4) is 11.5 Å². The number of hydrogen-bond donors (Lipinski definition) is 1. The van der Waals surface area contributed by atoms with Crippen LogP contribution >= 0.6 is 7.14 Å². The second-order valence-electron chi connectivity index (χ2n) is 11.0. The summed E-state index contributed by atoms with van der Waals surface area (Å²) in [6.45, 7) is 9.90. The van der Waals surface area contributed by atoms with Crippen molar-refractivity contribution in [2.24, 2.45) is 0 Å². The maximum absolute atomic E-state index is 13.8. The molecular weight excluding hydrogens is 519 g/mol. The van der Waals surface area contributed by atoms with Gasteiger partial charge in [0.05, 0.1) is 29.4 Å². The van der Waals surface area contributed by atoms with Crippen LogP contribution in [0.5, 0.6) is 11.5 Å². The molecule has 0 bridgehead atoms. The van der Waals surface area contributed by atoms with Crippen molar-refractivity contribution in [3.63, 3.8) is 0 Å². The number of hydrogen-bond acceptors (Lipinski definition) is 5. The quantitative estimate of drug-likeness (QED) is 0.236. The van der Waals surface area contributed by atoms with Crippen molar-refractivity contribution in [1.82, 2.24) is 14.8 Å². The molecule has 204 valence electrons. The highest BCUT2D eigenvalue weighted by Gasteiger charge is 2.22. The van der Waals surface area contributed by atoms with Gasteiger partial charge >= 0.3 is 0 Å². The molecule has 1 atom stereocenters. The van der Waals surface area contributed by atoms with Crippen LogP contribution in [-0.4, -0.2) is 27.3 Å². The van der Waals surface area contributed by atoms with Gasteiger partial charge in [-0.2, -0.15) is 5.10 Å². The van der Waals surface area contributed by atoms with E-state index in [4.69, 9.17) is 4.74 Å². The number of amides is 1. The number of nitrogens with one attached hydrogen (secondary N) is 1. The molecule has 1 amide bonds. The first kappa shape index (κ1) is 27.4. The molecule has 0 saturated heterocycles. The topological polar surface area (TPSA) is 86.1 Å². The number of carbonyl (C=O) groups excluding carboxylic acids is 1. The number of carbonyl (C=O) groups is 1. The lowest BCUT2D eigenvalue weighted by Gasteiger charge is -2.18. The van der Waals surface area contributed by atoms with Gasteiger partial charge in [-0.3, -0.25) is 14.5 Å². The third-order valence-electron chi connectivity index (χ3n) is 6.80. The molecule has 0 spiro atoms. The van der Waals surface area contributed by atoms with Gasteiger partial charge in [-0.25, -0.2) is 0 Å². The lowest BCUT2D eigenvalue weighted by molar-refractivity contribution is -0.115. The Labute approximate surface area is 234 Å². The highest BCUT2D eigenvalue weighted by Crippen LogP contribution is 2.40. The van der Waals surface area contributed by atoms with E-state index in [-0.39, 0.29) is 17.9 Å². The standard InChI is InChI=1S/C32H33N4O3P/c1-22-17-23(18-31(37)35-24-20-34-36(21-24)32(2,3)4)11-14-29(22)39-30-15-16-33-28-13-12-26(19-27(28)30)40(5,38)25-9-7-6-8-10-25/h6-17,19-21H,18H2,1-5H3,(H,35,37). The maximum Gasteiger partial charge on any atom is 0.228 e. The molecule has 1 N–H and O–H groups in total. The summed E-state index contributed by atoms with van der Waals surface area (Å²) in [6.07, 6.45) is 5.43. The summed E-state index contributed by atoms with van der Waals surface area (Å²) in [5, 5.41) is 9.60. The van der Waals surface area contributed by atoms with E-state index in [0.717, 1.165) is 32.6 Å². The molecule has 7 nitrogen and oxygen atoms in total. The summed E-state index contributed by atoms with van der Waals surface area (Å²) in [5.41, 5.74) is 3.05. The van der Waals surface area contributed by atoms with E-state index < -0.39 is 7.14 Å². The molecule has 0 aliphatic carbocycles. The van der Waals surface area contributed by atoms with E-state index in [0.29, 0.717) is 17.2 Å². The SMILES string of the molecule is Cc1cc(CC(=O)Nc2cnn(C(C)(C)C)c2)ccc1Oc1ccnc2ccc(P(C)(=O)c3ccccc3)cc12. The third kappa shape index (κ3) is 5.85. The van der Waals surface area contributed by atoms with Crippen molar-refractivity contribution >= 4 is 40.2 Å². The molecule has 40 heavy (non-hydrogen) atoms. The van der Waals surface area contributed by atoms with Crippen LogP contribution in [0.4, 0.5) is 5.69 Å². The average molecular weight is 553 g/mol. The predicted octanol–water partition coefficient (Wildman–Crippen LogP) is 6.41. The second-order valence-corrected chi connectivity index (χ2v) is 13.9. The van der Waals surface area contributed by atoms with E-state index in [1.54, 1.807) is 19.1 Å². The zero-order chi connectivity index (χ0) is 28.5. The number of rotatable bonds is 7. The Hall–Kier alpha value is -4.22. The zero-order valence-electron chi connectivity index (χ0n) is 23.4. The largest absolute Gasteiger partial charge is 0.456 e. The number of benzene rings is 3. The van der Waals surface area contributed by atoms with Gasteiger partial charge in [-0.05, 0) is 75.8 Å². The molecule has 5 rings (SSSR count). The Kier molecular flexibility index (Phi) is 7.35. The molecule has 3 aromatic carbocycles. The van der Waals surface area contributed by atoms with Crippen molar-refractivity contribution in [2.75, 3.05) is 12.0 Å². The minimum atomic E-state index is -2.79. The van der Waals surface area contributed by atoms with Crippen LogP contribution in [0.1, 0.15) is 31.9 Å². The lowest BCUT2D eigenvalue weighted by atomic mass is 10.1. The monoisotopic (exact) mass is 552 g/mol. The van der Waals surface area contributed by atoms with E-state index in [1.807, 2.05) is 90.6 Å². The first-order chi connectivity index (χ1) is 19.0. The number of ether oxygens (including phenoxy) is 1. The van der Waals surface area contributed by atoms with Crippen LogP contribution in [0.3, 0.4) is 0 Å². The Morgan fingerprint density at radius 1 is 0.975 bits per heavy atom. The maximum atomic E-state index is 13.8. The molecule has 8 heteroatoms. The highest BCUT2D eigenvalue weighted by molar-refractivity contribution is 7.78.